The minimum atomic E-state index is -0.0830. The molecular formula is C19H30N4O2. The maximum absolute atomic E-state index is 12.9. The van der Waals surface area contributed by atoms with E-state index in [0.29, 0.717) is 17.4 Å². The molecule has 3 fully saturated rings. The molecule has 1 aromatic heterocycles. The third-order valence-electron chi connectivity index (χ3n) is 6.29. The molecule has 138 valence electrons. The summed E-state index contributed by atoms with van der Waals surface area (Å²) in [6.45, 7) is 8.89. The predicted molar refractivity (Wildman–Crippen MR) is 96.6 cm³/mol. The monoisotopic (exact) mass is 346 g/mol. The standard InChI is InChI=1S/C19H30N4O2/c1-18(2,3)23-12-15(11-20-23)21-17(24)22-13-19(7-4-8-19)16(22)14-5-9-25-10-6-14/h11-12,14,16H,4-10,13H2,1-3H3,(H,21,24). The molecule has 1 spiro atoms. The molecule has 6 heteroatoms. The molecule has 1 aromatic rings. The highest BCUT2D eigenvalue weighted by Gasteiger charge is 2.59. The Kier molecular flexibility index (Phi) is 4.06. The molecule has 0 radical (unpaired) electrons. The Bertz CT molecular complexity index is 638. The molecule has 25 heavy (non-hydrogen) atoms. The number of carbonyl (C=O) groups is 1. The van der Waals surface area contributed by atoms with Gasteiger partial charge in [-0.2, -0.15) is 5.10 Å². The van der Waals surface area contributed by atoms with Crippen molar-refractivity contribution >= 4 is 11.7 Å². The lowest BCUT2D eigenvalue weighted by Crippen LogP contribution is -2.72. The highest BCUT2D eigenvalue weighted by atomic mass is 16.5. The van der Waals surface area contributed by atoms with Crippen LogP contribution in [0.1, 0.15) is 52.9 Å². The molecule has 0 aromatic carbocycles. The second-order valence-corrected chi connectivity index (χ2v) is 9.01. The summed E-state index contributed by atoms with van der Waals surface area (Å²) in [5.74, 6) is 0.589. The molecule has 3 aliphatic rings. The van der Waals surface area contributed by atoms with Crippen LogP contribution in [0.15, 0.2) is 12.4 Å². The number of ether oxygens (including phenoxy) is 1. The summed E-state index contributed by atoms with van der Waals surface area (Å²) in [4.78, 5) is 15.0. The van der Waals surface area contributed by atoms with Crippen LogP contribution in [-0.2, 0) is 10.3 Å². The smallest absolute Gasteiger partial charge is 0.322 e. The van der Waals surface area contributed by atoms with E-state index in [9.17, 15) is 4.79 Å². The van der Waals surface area contributed by atoms with E-state index < -0.39 is 0 Å². The van der Waals surface area contributed by atoms with Crippen LogP contribution < -0.4 is 5.32 Å². The third-order valence-corrected chi connectivity index (χ3v) is 6.29. The van der Waals surface area contributed by atoms with Crippen molar-refractivity contribution in [3.05, 3.63) is 12.4 Å². The zero-order valence-corrected chi connectivity index (χ0v) is 15.6. The van der Waals surface area contributed by atoms with Gasteiger partial charge in [0.2, 0.25) is 0 Å². The number of carbonyl (C=O) groups excluding carboxylic acids is 1. The summed E-state index contributed by atoms with van der Waals surface area (Å²) < 4.78 is 7.43. The van der Waals surface area contributed by atoms with E-state index in [1.807, 2.05) is 10.9 Å². The summed E-state index contributed by atoms with van der Waals surface area (Å²) in [6, 6.07) is 0.422. The van der Waals surface area contributed by atoms with Crippen LogP contribution in [0, 0.1) is 11.3 Å². The largest absolute Gasteiger partial charge is 0.381 e. The Morgan fingerprint density at radius 3 is 2.60 bits per heavy atom. The lowest BCUT2D eigenvalue weighted by Gasteiger charge is -2.64. The van der Waals surface area contributed by atoms with Crippen LogP contribution in [-0.4, -0.2) is 46.5 Å². The summed E-state index contributed by atoms with van der Waals surface area (Å²) in [6.07, 6.45) is 9.69. The summed E-state index contributed by atoms with van der Waals surface area (Å²) in [7, 11) is 0. The van der Waals surface area contributed by atoms with Gasteiger partial charge in [-0.1, -0.05) is 6.42 Å². The number of likely N-dealkylation sites (tertiary alicyclic amines) is 1. The Balaban J connectivity index is 1.45. The number of hydrogen-bond acceptors (Lipinski definition) is 3. The molecule has 4 rings (SSSR count). The van der Waals surface area contributed by atoms with Gasteiger partial charge in [0.05, 0.1) is 17.4 Å². The highest BCUT2D eigenvalue weighted by molar-refractivity contribution is 5.90. The molecule has 1 N–H and O–H groups in total. The summed E-state index contributed by atoms with van der Waals surface area (Å²) in [5.41, 5.74) is 1.09. The zero-order valence-electron chi connectivity index (χ0n) is 15.6. The third kappa shape index (κ3) is 2.94. The second kappa shape index (κ2) is 6.01. The van der Waals surface area contributed by atoms with Gasteiger partial charge in [0.25, 0.3) is 0 Å². The van der Waals surface area contributed by atoms with Crippen LogP contribution >= 0.6 is 0 Å². The average Bonchev–Trinajstić information content (AvgIpc) is 2.94. The molecule has 1 saturated carbocycles. The van der Waals surface area contributed by atoms with Gasteiger partial charge in [0.15, 0.2) is 0 Å². The highest BCUT2D eigenvalue weighted by Crippen LogP contribution is 2.56. The van der Waals surface area contributed by atoms with Gasteiger partial charge in [-0.15, -0.1) is 0 Å². The topological polar surface area (TPSA) is 59.4 Å². The van der Waals surface area contributed by atoms with Crippen LogP contribution in [0.25, 0.3) is 0 Å². The van der Waals surface area contributed by atoms with Crippen molar-refractivity contribution in [2.75, 3.05) is 25.1 Å². The normalized spacial score (nSPS) is 26.2. The average molecular weight is 346 g/mol. The first-order chi connectivity index (χ1) is 11.9. The Morgan fingerprint density at radius 2 is 2.04 bits per heavy atom. The fourth-order valence-electron chi connectivity index (χ4n) is 4.77. The first-order valence-electron chi connectivity index (χ1n) is 9.60. The molecule has 2 saturated heterocycles. The molecule has 1 atom stereocenters. The van der Waals surface area contributed by atoms with Gasteiger partial charge < -0.3 is 15.0 Å². The number of amides is 2. The van der Waals surface area contributed by atoms with Crippen LogP contribution in [0.5, 0.6) is 0 Å². The molecule has 6 nitrogen and oxygen atoms in total. The molecular weight excluding hydrogens is 316 g/mol. The van der Waals surface area contributed by atoms with E-state index in [2.05, 4.69) is 36.1 Å². The molecule has 0 bridgehead atoms. The number of hydrogen-bond donors (Lipinski definition) is 1. The SMILES string of the molecule is CC(C)(C)n1cc(NC(=O)N2CC3(CCC3)C2C2CCOCC2)cn1. The summed E-state index contributed by atoms with van der Waals surface area (Å²) in [5, 5.41) is 7.44. The quantitative estimate of drug-likeness (QED) is 0.892. The number of nitrogens with zero attached hydrogens (tertiary/aromatic N) is 3. The zero-order chi connectivity index (χ0) is 17.7. The van der Waals surface area contributed by atoms with Crippen molar-refractivity contribution < 1.29 is 9.53 Å². The number of nitrogens with one attached hydrogen (secondary N) is 1. The maximum atomic E-state index is 12.9. The summed E-state index contributed by atoms with van der Waals surface area (Å²) >= 11 is 0. The van der Waals surface area contributed by atoms with E-state index in [1.165, 1.54) is 19.3 Å². The van der Waals surface area contributed by atoms with E-state index in [-0.39, 0.29) is 11.6 Å². The van der Waals surface area contributed by atoms with Gasteiger partial charge >= 0.3 is 6.03 Å². The second-order valence-electron chi connectivity index (χ2n) is 9.01. The van der Waals surface area contributed by atoms with Gasteiger partial charge in [0.1, 0.15) is 0 Å². The maximum Gasteiger partial charge on any atom is 0.322 e. The van der Waals surface area contributed by atoms with Gasteiger partial charge in [-0.05, 0) is 52.4 Å². The van der Waals surface area contributed by atoms with Crippen LogP contribution in [0.2, 0.25) is 0 Å². The van der Waals surface area contributed by atoms with Crippen LogP contribution in [0.3, 0.4) is 0 Å². The molecule has 3 heterocycles. The van der Waals surface area contributed by atoms with Crippen molar-refractivity contribution in [1.29, 1.82) is 0 Å². The minimum absolute atomic E-state index is 0.0301. The van der Waals surface area contributed by atoms with Crippen molar-refractivity contribution in [3.63, 3.8) is 0 Å². The van der Waals surface area contributed by atoms with E-state index in [4.69, 9.17) is 4.74 Å². The first kappa shape index (κ1) is 16.9. The van der Waals surface area contributed by atoms with Gasteiger partial charge in [0, 0.05) is 37.4 Å². The van der Waals surface area contributed by atoms with Crippen molar-refractivity contribution in [2.45, 2.75) is 64.5 Å². The fraction of sp³-hybridized carbons (Fsp3) is 0.789. The Hall–Kier alpha value is -1.56. The molecule has 1 aliphatic carbocycles. The Labute approximate surface area is 149 Å². The number of urea groups is 1. The lowest BCUT2D eigenvalue weighted by atomic mass is 9.54. The van der Waals surface area contributed by atoms with Crippen molar-refractivity contribution in [2.24, 2.45) is 11.3 Å². The predicted octanol–water partition coefficient (Wildman–Crippen LogP) is 3.45. The van der Waals surface area contributed by atoms with Crippen molar-refractivity contribution in [3.8, 4) is 0 Å². The van der Waals surface area contributed by atoms with Crippen LogP contribution in [0.4, 0.5) is 10.5 Å². The lowest BCUT2D eigenvalue weighted by molar-refractivity contribution is -0.135. The van der Waals surface area contributed by atoms with E-state index >= 15 is 0 Å². The van der Waals surface area contributed by atoms with Gasteiger partial charge in [-0.3, -0.25) is 4.68 Å². The van der Waals surface area contributed by atoms with Gasteiger partial charge in [-0.25, -0.2) is 4.79 Å². The number of aromatic nitrogens is 2. The number of anilines is 1. The van der Waals surface area contributed by atoms with E-state index in [0.717, 1.165) is 38.3 Å². The van der Waals surface area contributed by atoms with Crippen molar-refractivity contribution in [1.82, 2.24) is 14.7 Å². The molecule has 2 amide bonds. The Morgan fingerprint density at radius 1 is 1.32 bits per heavy atom. The first-order valence-corrected chi connectivity index (χ1v) is 9.60. The fourth-order valence-corrected chi connectivity index (χ4v) is 4.77. The molecule has 2 aliphatic heterocycles. The van der Waals surface area contributed by atoms with E-state index in [1.54, 1.807) is 6.20 Å². The molecule has 1 unspecified atom stereocenters. The number of rotatable bonds is 2. The minimum Gasteiger partial charge on any atom is -0.381 e.